The molecular weight excluding hydrogens is 338 g/mol. The Labute approximate surface area is 147 Å². The van der Waals surface area contributed by atoms with Gasteiger partial charge in [0.15, 0.2) is 0 Å². The zero-order chi connectivity index (χ0) is 18.5. The number of carbonyl (C=O) groups is 1. The van der Waals surface area contributed by atoms with E-state index in [1.54, 1.807) is 30.3 Å². The molecule has 0 amide bonds. The molecule has 3 rings (SSSR count). The highest BCUT2D eigenvalue weighted by Gasteiger charge is 2.13. The van der Waals surface area contributed by atoms with Crippen molar-refractivity contribution in [3.63, 3.8) is 0 Å². The number of rotatable bonds is 6. The normalized spacial score (nSPS) is 10.8. The first-order chi connectivity index (χ1) is 12.5. The van der Waals surface area contributed by atoms with Crippen molar-refractivity contribution in [1.82, 2.24) is 0 Å². The Bertz CT molecular complexity index is 977. The zero-order valence-electron chi connectivity index (χ0n) is 13.3. The predicted octanol–water partition coefficient (Wildman–Crippen LogP) is 4.00. The highest BCUT2D eigenvalue weighted by molar-refractivity contribution is 5.95. The minimum Gasteiger partial charge on any atom is -0.478 e. The summed E-state index contributed by atoms with van der Waals surface area (Å²) in [7, 11) is 0. The second-order valence-electron chi connectivity index (χ2n) is 5.23. The molecule has 1 aromatic heterocycles. The molecule has 0 unspecified atom stereocenters. The Kier molecular flexibility index (Phi) is 4.75. The van der Waals surface area contributed by atoms with Gasteiger partial charge in [-0.2, -0.15) is 5.10 Å². The number of non-ortho nitro benzene ring substituents is 1. The molecule has 0 saturated heterocycles. The third kappa shape index (κ3) is 3.75. The Hall–Kier alpha value is -3.94. The molecular formula is C18H13N3O5. The predicted molar refractivity (Wildman–Crippen MR) is 95.4 cm³/mol. The van der Waals surface area contributed by atoms with Crippen molar-refractivity contribution >= 4 is 23.6 Å². The summed E-state index contributed by atoms with van der Waals surface area (Å²) in [6, 6.07) is 15.7. The SMILES string of the molecule is O=C(O)c1ccccc1-c1ccc(/C=N/Nc2ccc([N+](=O)[O-])cc2)o1. The number of hydrogen-bond acceptors (Lipinski definition) is 6. The summed E-state index contributed by atoms with van der Waals surface area (Å²) in [5, 5.41) is 23.8. The third-order valence-corrected chi connectivity index (χ3v) is 3.51. The number of carboxylic acids is 1. The maximum absolute atomic E-state index is 11.3. The average molecular weight is 351 g/mol. The van der Waals surface area contributed by atoms with Gasteiger partial charge in [0, 0.05) is 17.7 Å². The quantitative estimate of drug-likeness (QED) is 0.394. The number of anilines is 1. The van der Waals surface area contributed by atoms with E-state index in [2.05, 4.69) is 10.5 Å². The number of aromatic carboxylic acids is 1. The highest BCUT2D eigenvalue weighted by Crippen LogP contribution is 2.25. The van der Waals surface area contributed by atoms with Crippen LogP contribution in [0.15, 0.2) is 70.2 Å². The van der Waals surface area contributed by atoms with Crippen molar-refractivity contribution in [2.24, 2.45) is 5.10 Å². The molecule has 0 saturated carbocycles. The lowest BCUT2D eigenvalue weighted by Crippen LogP contribution is -1.98. The van der Waals surface area contributed by atoms with E-state index in [-0.39, 0.29) is 11.3 Å². The summed E-state index contributed by atoms with van der Waals surface area (Å²) >= 11 is 0. The first kappa shape index (κ1) is 16.9. The van der Waals surface area contributed by atoms with E-state index in [1.165, 1.54) is 36.5 Å². The standard InChI is InChI=1S/C18H13N3O5/c22-18(23)16-4-2-1-3-15(16)17-10-9-14(26-17)11-19-20-12-5-7-13(8-6-12)21(24)25/h1-11,20H,(H,22,23)/b19-11+. The van der Waals surface area contributed by atoms with Gasteiger partial charge >= 0.3 is 5.97 Å². The highest BCUT2D eigenvalue weighted by atomic mass is 16.6. The smallest absolute Gasteiger partial charge is 0.336 e. The molecule has 26 heavy (non-hydrogen) atoms. The van der Waals surface area contributed by atoms with E-state index in [0.717, 1.165) is 0 Å². The fourth-order valence-electron chi connectivity index (χ4n) is 2.28. The van der Waals surface area contributed by atoms with Gasteiger partial charge in [-0.25, -0.2) is 4.79 Å². The lowest BCUT2D eigenvalue weighted by molar-refractivity contribution is -0.384. The molecule has 0 fully saturated rings. The van der Waals surface area contributed by atoms with Gasteiger partial charge < -0.3 is 9.52 Å². The molecule has 1 heterocycles. The molecule has 3 aromatic rings. The molecule has 0 bridgehead atoms. The van der Waals surface area contributed by atoms with E-state index in [4.69, 9.17) is 4.42 Å². The molecule has 0 aliphatic rings. The van der Waals surface area contributed by atoms with Crippen LogP contribution in [-0.4, -0.2) is 22.2 Å². The van der Waals surface area contributed by atoms with Gasteiger partial charge in [0.1, 0.15) is 11.5 Å². The Morgan fingerprint density at radius 1 is 1.12 bits per heavy atom. The fraction of sp³-hybridized carbons (Fsp3) is 0. The lowest BCUT2D eigenvalue weighted by atomic mass is 10.1. The largest absolute Gasteiger partial charge is 0.478 e. The summed E-state index contributed by atoms with van der Waals surface area (Å²) in [4.78, 5) is 21.4. The van der Waals surface area contributed by atoms with Gasteiger partial charge in [-0.05, 0) is 30.3 Å². The number of benzene rings is 2. The molecule has 0 spiro atoms. The Morgan fingerprint density at radius 3 is 2.54 bits per heavy atom. The van der Waals surface area contributed by atoms with E-state index in [0.29, 0.717) is 22.8 Å². The average Bonchev–Trinajstić information content (AvgIpc) is 3.11. The van der Waals surface area contributed by atoms with Crippen molar-refractivity contribution < 1.29 is 19.2 Å². The number of carboxylic acid groups (broad SMARTS) is 1. The monoisotopic (exact) mass is 351 g/mol. The van der Waals surface area contributed by atoms with Crippen molar-refractivity contribution in [1.29, 1.82) is 0 Å². The van der Waals surface area contributed by atoms with Crippen LogP contribution in [0.1, 0.15) is 16.1 Å². The minimum atomic E-state index is -1.04. The first-order valence-electron chi connectivity index (χ1n) is 7.50. The number of hydrazone groups is 1. The van der Waals surface area contributed by atoms with Crippen LogP contribution in [0.3, 0.4) is 0 Å². The number of nitro benzene ring substituents is 1. The van der Waals surface area contributed by atoms with E-state index >= 15 is 0 Å². The lowest BCUT2D eigenvalue weighted by Gasteiger charge is -2.02. The molecule has 2 aromatic carbocycles. The molecule has 8 heteroatoms. The maximum Gasteiger partial charge on any atom is 0.336 e. The number of nitro groups is 1. The second-order valence-corrected chi connectivity index (χ2v) is 5.23. The van der Waals surface area contributed by atoms with Gasteiger partial charge in [-0.3, -0.25) is 15.5 Å². The fourth-order valence-corrected chi connectivity index (χ4v) is 2.28. The summed E-state index contributed by atoms with van der Waals surface area (Å²) in [5.74, 6) is -0.193. The molecule has 130 valence electrons. The number of furan rings is 1. The molecule has 0 radical (unpaired) electrons. The van der Waals surface area contributed by atoms with Gasteiger partial charge in [0.2, 0.25) is 0 Å². The van der Waals surface area contributed by atoms with Crippen LogP contribution in [0.5, 0.6) is 0 Å². The summed E-state index contributed by atoms with van der Waals surface area (Å²) in [6.07, 6.45) is 1.42. The van der Waals surface area contributed by atoms with E-state index < -0.39 is 10.9 Å². The molecule has 0 atom stereocenters. The van der Waals surface area contributed by atoms with Gasteiger partial charge in [0.25, 0.3) is 5.69 Å². The van der Waals surface area contributed by atoms with Gasteiger partial charge in [0.05, 0.1) is 22.4 Å². The Balaban J connectivity index is 1.72. The van der Waals surface area contributed by atoms with Crippen molar-refractivity contribution in [3.8, 4) is 11.3 Å². The molecule has 0 aliphatic carbocycles. The van der Waals surface area contributed by atoms with E-state index in [9.17, 15) is 20.0 Å². The van der Waals surface area contributed by atoms with E-state index in [1.807, 2.05) is 0 Å². The summed E-state index contributed by atoms with van der Waals surface area (Å²) in [6.45, 7) is 0. The van der Waals surface area contributed by atoms with Crippen LogP contribution >= 0.6 is 0 Å². The van der Waals surface area contributed by atoms with Crippen LogP contribution in [0.4, 0.5) is 11.4 Å². The second kappa shape index (κ2) is 7.31. The topological polar surface area (TPSA) is 118 Å². The van der Waals surface area contributed by atoms with Crippen LogP contribution in [-0.2, 0) is 0 Å². The number of hydrogen-bond donors (Lipinski definition) is 2. The number of nitrogens with zero attached hydrogens (tertiary/aromatic N) is 2. The van der Waals surface area contributed by atoms with Gasteiger partial charge in [-0.1, -0.05) is 18.2 Å². The van der Waals surface area contributed by atoms with Crippen LogP contribution in [0, 0.1) is 10.1 Å². The van der Waals surface area contributed by atoms with Crippen LogP contribution in [0.25, 0.3) is 11.3 Å². The zero-order valence-corrected chi connectivity index (χ0v) is 13.3. The third-order valence-electron chi connectivity index (χ3n) is 3.51. The van der Waals surface area contributed by atoms with Crippen molar-refractivity contribution in [3.05, 3.63) is 82.1 Å². The summed E-state index contributed by atoms with van der Waals surface area (Å²) in [5.41, 5.74) is 3.92. The Morgan fingerprint density at radius 2 is 1.85 bits per heavy atom. The number of nitrogens with one attached hydrogen (secondary N) is 1. The minimum absolute atomic E-state index is 0.00713. The summed E-state index contributed by atoms with van der Waals surface area (Å²) < 4.78 is 5.61. The van der Waals surface area contributed by atoms with Gasteiger partial charge in [-0.15, -0.1) is 0 Å². The van der Waals surface area contributed by atoms with Crippen LogP contribution < -0.4 is 5.43 Å². The maximum atomic E-state index is 11.3. The first-order valence-corrected chi connectivity index (χ1v) is 7.50. The van der Waals surface area contributed by atoms with Crippen LogP contribution in [0.2, 0.25) is 0 Å². The molecule has 8 nitrogen and oxygen atoms in total. The van der Waals surface area contributed by atoms with Crippen molar-refractivity contribution in [2.45, 2.75) is 0 Å². The molecule has 0 aliphatic heterocycles. The van der Waals surface area contributed by atoms with Crippen molar-refractivity contribution in [2.75, 3.05) is 5.43 Å². The molecule has 2 N–H and O–H groups in total.